The molecule has 2 amide bonds. The van der Waals surface area contributed by atoms with Crippen molar-refractivity contribution in [3.63, 3.8) is 0 Å². The Morgan fingerprint density at radius 3 is 2.74 bits per heavy atom. The molecule has 6 heteroatoms. The first-order valence-corrected chi connectivity index (χ1v) is 6.72. The van der Waals surface area contributed by atoms with E-state index in [-0.39, 0.29) is 12.1 Å². The van der Waals surface area contributed by atoms with E-state index in [9.17, 15) is 14.7 Å². The zero-order valence-electron chi connectivity index (χ0n) is 11.9. The summed E-state index contributed by atoms with van der Waals surface area (Å²) in [7, 11) is 1.61. The molecule has 1 saturated heterocycles. The highest BCUT2D eigenvalue weighted by Crippen LogP contribution is 2.28. The number of aliphatic carboxylic acids is 1. The number of likely N-dealkylation sites (tertiary alicyclic amines) is 1. The maximum Gasteiger partial charge on any atom is 0.329 e. The topological polar surface area (TPSA) is 78.9 Å². The second kappa shape index (κ2) is 6.75. The molecule has 1 aliphatic rings. The van der Waals surface area contributed by atoms with Gasteiger partial charge in [-0.15, -0.1) is 0 Å². The Labute approximate surface area is 114 Å². The fourth-order valence-electron chi connectivity index (χ4n) is 2.32. The summed E-state index contributed by atoms with van der Waals surface area (Å²) in [4.78, 5) is 25.1. The van der Waals surface area contributed by atoms with Gasteiger partial charge in [-0.05, 0) is 39.5 Å². The van der Waals surface area contributed by atoms with Crippen molar-refractivity contribution in [2.75, 3.05) is 20.3 Å². The van der Waals surface area contributed by atoms with Gasteiger partial charge < -0.3 is 20.1 Å². The molecule has 1 fully saturated rings. The third-order valence-corrected chi connectivity index (χ3v) is 3.72. The average molecular weight is 272 g/mol. The van der Waals surface area contributed by atoms with Gasteiger partial charge in [-0.1, -0.05) is 0 Å². The van der Waals surface area contributed by atoms with E-state index in [1.165, 1.54) is 4.90 Å². The van der Waals surface area contributed by atoms with Crippen molar-refractivity contribution >= 4 is 12.0 Å². The van der Waals surface area contributed by atoms with Crippen LogP contribution in [0.1, 0.15) is 39.5 Å². The lowest BCUT2D eigenvalue weighted by molar-refractivity contribution is -0.150. The van der Waals surface area contributed by atoms with Gasteiger partial charge in [0.1, 0.15) is 5.54 Å². The number of nitrogens with zero attached hydrogens (tertiary/aromatic N) is 1. The Morgan fingerprint density at radius 2 is 2.16 bits per heavy atom. The number of ether oxygens (including phenoxy) is 1. The predicted molar refractivity (Wildman–Crippen MR) is 71.1 cm³/mol. The van der Waals surface area contributed by atoms with Crippen molar-refractivity contribution in [3.05, 3.63) is 0 Å². The Bertz CT molecular complexity index is 335. The second-order valence-corrected chi connectivity index (χ2v) is 5.32. The summed E-state index contributed by atoms with van der Waals surface area (Å²) in [5.41, 5.74) is -1.09. The van der Waals surface area contributed by atoms with Gasteiger partial charge in [-0.3, -0.25) is 0 Å². The minimum absolute atomic E-state index is 0.0348. The highest BCUT2D eigenvalue weighted by atomic mass is 16.5. The number of hydrogen-bond acceptors (Lipinski definition) is 3. The number of amides is 2. The predicted octanol–water partition coefficient (Wildman–Crippen LogP) is 1.45. The third kappa shape index (κ3) is 3.83. The number of carbonyl (C=O) groups excluding carboxylic acids is 1. The summed E-state index contributed by atoms with van der Waals surface area (Å²) in [6.45, 7) is 4.57. The number of piperidine rings is 1. The SMILES string of the molecule is COCCC(C)NC(=O)N1CCCCC1(C)C(=O)O. The first-order chi connectivity index (χ1) is 8.91. The second-order valence-electron chi connectivity index (χ2n) is 5.32. The third-order valence-electron chi connectivity index (χ3n) is 3.72. The van der Waals surface area contributed by atoms with Crippen molar-refractivity contribution in [2.45, 2.75) is 51.1 Å². The quantitative estimate of drug-likeness (QED) is 0.794. The zero-order valence-corrected chi connectivity index (χ0v) is 11.9. The maximum atomic E-state index is 12.2. The van der Waals surface area contributed by atoms with Gasteiger partial charge in [0, 0.05) is 26.3 Å². The van der Waals surface area contributed by atoms with Crippen LogP contribution >= 0.6 is 0 Å². The van der Waals surface area contributed by atoms with Gasteiger partial charge in [0.05, 0.1) is 0 Å². The van der Waals surface area contributed by atoms with E-state index in [2.05, 4.69) is 5.32 Å². The molecular weight excluding hydrogens is 248 g/mol. The molecule has 2 N–H and O–H groups in total. The van der Waals surface area contributed by atoms with Gasteiger partial charge >= 0.3 is 12.0 Å². The van der Waals surface area contributed by atoms with E-state index in [1.54, 1.807) is 14.0 Å². The molecule has 0 aromatic rings. The molecule has 110 valence electrons. The summed E-state index contributed by atoms with van der Waals surface area (Å²) < 4.78 is 4.96. The highest BCUT2D eigenvalue weighted by Gasteiger charge is 2.44. The van der Waals surface area contributed by atoms with Gasteiger partial charge in [0.25, 0.3) is 0 Å². The van der Waals surface area contributed by atoms with E-state index >= 15 is 0 Å². The van der Waals surface area contributed by atoms with Crippen LogP contribution in [0.5, 0.6) is 0 Å². The van der Waals surface area contributed by atoms with Crippen LogP contribution in [0, 0.1) is 0 Å². The molecule has 2 atom stereocenters. The number of carboxylic acid groups (broad SMARTS) is 1. The lowest BCUT2D eigenvalue weighted by Gasteiger charge is -2.41. The Kier molecular flexibility index (Phi) is 5.60. The van der Waals surface area contributed by atoms with Crippen molar-refractivity contribution in [1.29, 1.82) is 0 Å². The largest absolute Gasteiger partial charge is 0.480 e. The van der Waals surface area contributed by atoms with Crippen LogP contribution in [0.25, 0.3) is 0 Å². The van der Waals surface area contributed by atoms with E-state index in [0.29, 0.717) is 26.0 Å². The number of hydrogen-bond donors (Lipinski definition) is 2. The smallest absolute Gasteiger partial charge is 0.329 e. The summed E-state index contributed by atoms with van der Waals surface area (Å²) in [6, 6.07) is -0.333. The molecule has 0 radical (unpaired) electrons. The van der Waals surface area contributed by atoms with E-state index in [1.807, 2.05) is 6.92 Å². The molecule has 1 aliphatic heterocycles. The minimum atomic E-state index is -1.09. The van der Waals surface area contributed by atoms with Gasteiger partial charge in [-0.2, -0.15) is 0 Å². The Hall–Kier alpha value is -1.30. The maximum absolute atomic E-state index is 12.2. The monoisotopic (exact) mass is 272 g/mol. The molecule has 0 aromatic carbocycles. The molecule has 0 aromatic heterocycles. The highest BCUT2D eigenvalue weighted by molar-refractivity contribution is 5.86. The number of urea groups is 1. The molecular formula is C13H24N2O4. The summed E-state index contributed by atoms with van der Waals surface area (Å²) >= 11 is 0. The molecule has 19 heavy (non-hydrogen) atoms. The van der Waals surface area contributed by atoms with Gasteiger partial charge in [0.15, 0.2) is 0 Å². The number of rotatable bonds is 5. The normalized spacial score (nSPS) is 24.9. The van der Waals surface area contributed by atoms with Crippen molar-refractivity contribution in [3.8, 4) is 0 Å². The Balaban J connectivity index is 2.65. The van der Waals surface area contributed by atoms with Crippen LogP contribution in [-0.2, 0) is 9.53 Å². The summed E-state index contributed by atoms with van der Waals surface area (Å²) in [5.74, 6) is -0.938. The number of methoxy groups -OCH3 is 1. The molecule has 6 nitrogen and oxygen atoms in total. The van der Waals surface area contributed by atoms with Crippen LogP contribution < -0.4 is 5.32 Å². The molecule has 0 saturated carbocycles. The molecule has 2 unspecified atom stereocenters. The van der Waals surface area contributed by atoms with Crippen molar-refractivity contribution < 1.29 is 19.4 Å². The number of nitrogens with one attached hydrogen (secondary N) is 1. The van der Waals surface area contributed by atoms with Crippen LogP contribution in [0.3, 0.4) is 0 Å². The summed E-state index contributed by atoms with van der Waals surface area (Å²) in [5, 5.41) is 12.2. The molecule has 1 heterocycles. The van der Waals surface area contributed by atoms with E-state index < -0.39 is 11.5 Å². The fraction of sp³-hybridized carbons (Fsp3) is 0.846. The van der Waals surface area contributed by atoms with Crippen LogP contribution in [-0.4, -0.2) is 53.8 Å². The molecule has 0 bridgehead atoms. The average Bonchev–Trinajstić information content (AvgIpc) is 2.36. The van der Waals surface area contributed by atoms with Crippen molar-refractivity contribution in [1.82, 2.24) is 10.2 Å². The fourth-order valence-corrected chi connectivity index (χ4v) is 2.32. The van der Waals surface area contributed by atoms with Crippen molar-refractivity contribution in [2.24, 2.45) is 0 Å². The number of carbonyl (C=O) groups is 2. The zero-order chi connectivity index (χ0) is 14.5. The first-order valence-electron chi connectivity index (χ1n) is 6.72. The standard InChI is InChI=1S/C13H24N2O4/c1-10(6-9-19-3)14-12(18)15-8-5-4-7-13(15,2)11(16)17/h10H,4-9H2,1-3H3,(H,14,18)(H,16,17). The number of carboxylic acids is 1. The Morgan fingerprint density at radius 1 is 1.47 bits per heavy atom. The van der Waals surface area contributed by atoms with Gasteiger partial charge in [0.2, 0.25) is 0 Å². The minimum Gasteiger partial charge on any atom is -0.480 e. The molecule has 0 aliphatic carbocycles. The van der Waals surface area contributed by atoms with Crippen LogP contribution in [0.15, 0.2) is 0 Å². The van der Waals surface area contributed by atoms with E-state index in [4.69, 9.17) is 4.74 Å². The first kappa shape index (κ1) is 15.8. The van der Waals surface area contributed by atoms with E-state index in [0.717, 1.165) is 12.8 Å². The van der Waals surface area contributed by atoms with Crippen LogP contribution in [0.4, 0.5) is 4.79 Å². The van der Waals surface area contributed by atoms with Gasteiger partial charge in [-0.25, -0.2) is 9.59 Å². The lowest BCUT2D eigenvalue weighted by Crippen LogP contribution is -2.60. The summed E-state index contributed by atoms with van der Waals surface area (Å²) in [6.07, 6.45) is 2.90. The van der Waals surface area contributed by atoms with Crippen LogP contribution in [0.2, 0.25) is 0 Å². The molecule has 0 spiro atoms. The molecule has 1 rings (SSSR count). The lowest BCUT2D eigenvalue weighted by atomic mass is 9.89.